The van der Waals surface area contributed by atoms with Crippen LogP contribution in [0.3, 0.4) is 0 Å². The maximum Gasteiger partial charge on any atom is 0.342 e. The maximum absolute atomic E-state index is 12.1. The molecule has 0 aliphatic heterocycles. The Balaban J connectivity index is 2.81. The summed E-state index contributed by atoms with van der Waals surface area (Å²) < 4.78 is 10.9. The van der Waals surface area contributed by atoms with Gasteiger partial charge in [-0.15, -0.1) is 0 Å². The second kappa shape index (κ2) is 8.66. The molecule has 2 rings (SSSR count). The number of aromatic amines is 1. The molecule has 28 heavy (non-hydrogen) atoms. The van der Waals surface area contributed by atoms with Gasteiger partial charge in [0, 0.05) is 5.56 Å². The number of ether oxygens (including phenoxy) is 2. The van der Waals surface area contributed by atoms with Crippen molar-refractivity contribution in [3.05, 3.63) is 38.6 Å². The number of unbranched alkanes of at least 4 members (excludes halogenated alkanes) is 1. The van der Waals surface area contributed by atoms with Gasteiger partial charge in [0.15, 0.2) is 11.5 Å². The Labute approximate surface area is 164 Å². The van der Waals surface area contributed by atoms with Crippen LogP contribution in [0.4, 0.5) is 5.82 Å². The van der Waals surface area contributed by atoms with E-state index in [-0.39, 0.29) is 27.6 Å². The molecular formula is C18H19ClN2O7. The van der Waals surface area contributed by atoms with Gasteiger partial charge in [-0.05, 0) is 24.1 Å². The van der Waals surface area contributed by atoms with E-state index in [1.165, 1.54) is 19.2 Å². The van der Waals surface area contributed by atoms with E-state index >= 15 is 0 Å². The van der Waals surface area contributed by atoms with E-state index in [9.17, 15) is 24.6 Å². The Bertz CT molecular complexity index is 985. The highest BCUT2D eigenvalue weighted by atomic mass is 35.5. The number of hydrogen-bond acceptors (Lipinski definition) is 6. The number of methoxy groups -OCH3 is 1. The van der Waals surface area contributed by atoms with Crippen LogP contribution in [0.1, 0.15) is 40.5 Å². The number of aromatic nitrogens is 1. The molecule has 0 amide bonds. The number of aromatic carboxylic acids is 2. The molecule has 0 fully saturated rings. The van der Waals surface area contributed by atoms with Gasteiger partial charge in [-0.25, -0.2) is 9.59 Å². The Morgan fingerprint density at radius 3 is 2.39 bits per heavy atom. The summed E-state index contributed by atoms with van der Waals surface area (Å²) >= 11 is 6.27. The highest BCUT2D eigenvalue weighted by Gasteiger charge is 2.28. The number of nitrogen functional groups attached to an aromatic ring is 1. The summed E-state index contributed by atoms with van der Waals surface area (Å²) in [5, 5.41) is 19.0. The summed E-state index contributed by atoms with van der Waals surface area (Å²) in [5.41, 5.74) is 2.92. The predicted molar refractivity (Wildman–Crippen MR) is 103 cm³/mol. The molecule has 0 spiro atoms. The lowest BCUT2D eigenvalue weighted by Gasteiger charge is -2.16. The standard InChI is InChI=1S/C18H19ClN2O7/c1-3-4-5-28-14-9(19)6-8(7-10(14)27-2)11-12(17(23)24)15(20)21-16(22)13(11)18(25)26/h6-7H,3-5H2,1-2H3,(H,23,24)(H,25,26)(H3,20,21,22). The smallest absolute Gasteiger partial charge is 0.342 e. The maximum atomic E-state index is 12.1. The zero-order valence-electron chi connectivity index (χ0n) is 15.2. The first-order chi connectivity index (χ1) is 13.2. The van der Waals surface area contributed by atoms with Gasteiger partial charge in [0.2, 0.25) is 0 Å². The third-order valence-electron chi connectivity index (χ3n) is 3.93. The number of hydrogen-bond donors (Lipinski definition) is 4. The molecule has 0 radical (unpaired) electrons. The molecule has 150 valence electrons. The number of carboxylic acids is 2. The number of carboxylic acid groups (broad SMARTS) is 2. The van der Waals surface area contributed by atoms with Crippen LogP contribution in [0, 0.1) is 0 Å². The topological polar surface area (TPSA) is 152 Å². The molecule has 0 unspecified atom stereocenters. The minimum Gasteiger partial charge on any atom is -0.493 e. The normalized spacial score (nSPS) is 10.5. The minimum absolute atomic E-state index is 0.0392. The summed E-state index contributed by atoms with van der Waals surface area (Å²) in [7, 11) is 1.35. The van der Waals surface area contributed by atoms with Gasteiger partial charge in [0.1, 0.15) is 16.9 Å². The summed E-state index contributed by atoms with van der Waals surface area (Å²) in [4.78, 5) is 37.5. The second-order valence-electron chi connectivity index (χ2n) is 5.79. The van der Waals surface area contributed by atoms with Gasteiger partial charge in [0.05, 0.1) is 18.7 Å². The average molecular weight is 411 g/mol. The summed E-state index contributed by atoms with van der Waals surface area (Å²) in [6, 6.07) is 2.65. The van der Waals surface area contributed by atoms with Crippen LogP contribution in [0.25, 0.3) is 11.1 Å². The Kier molecular flexibility index (Phi) is 6.53. The number of benzene rings is 1. The van der Waals surface area contributed by atoms with Crippen LogP contribution in [0.5, 0.6) is 11.5 Å². The molecule has 10 heteroatoms. The van der Waals surface area contributed by atoms with E-state index in [0.717, 1.165) is 12.8 Å². The molecule has 0 aliphatic rings. The highest BCUT2D eigenvalue weighted by molar-refractivity contribution is 6.32. The van der Waals surface area contributed by atoms with E-state index in [1.54, 1.807) is 0 Å². The first-order valence-electron chi connectivity index (χ1n) is 8.25. The van der Waals surface area contributed by atoms with Crippen molar-refractivity contribution in [3.63, 3.8) is 0 Å². The number of anilines is 1. The highest BCUT2D eigenvalue weighted by Crippen LogP contribution is 2.41. The molecule has 0 saturated heterocycles. The van der Waals surface area contributed by atoms with E-state index in [2.05, 4.69) is 0 Å². The monoisotopic (exact) mass is 410 g/mol. The van der Waals surface area contributed by atoms with Crippen molar-refractivity contribution in [3.8, 4) is 22.6 Å². The van der Waals surface area contributed by atoms with Gasteiger partial charge in [-0.2, -0.15) is 0 Å². The van der Waals surface area contributed by atoms with Crippen LogP contribution < -0.4 is 20.8 Å². The van der Waals surface area contributed by atoms with Gasteiger partial charge in [-0.3, -0.25) is 4.79 Å². The molecule has 1 heterocycles. The molecular weight excluding hydrogens is 392 g/mol. The lowest BCUT2D eigenvalue weighted by molar-refractivity contribution is 0.0695. The fourth-order valence-electron chi connectivity index (χ4n) is 2.66. The van der Waals surface area contributed by atoms with Crippen LogP contribution in [0.2, 0.25) is 5.02 Å². The number of pyridine rings is 1. The lowest BCUT2D eigenvalue weighted by Crippen LogP contribution is -2.24. The van der Waals surface area contributed by atoms with Crippen LogP contribution in [0.15, 0.2) is 16.9 Å². The first-order valence-corrected chi connectivity index (χ1v) is 8.63. The molecule has 1 aromatic carbocycles. The van der Waals surface area contributed by atoms with E-state index in [0.29, 0.717) is 6.61 Å². The molecule has 1 aromatic heterocycles. The quantitative estimate of drug-likeness (QED) is 0.484. The van der Waals surface area contributed by atoms with E-state index in [4.69, 9.17) is 26.8 Å². The molecule has 0 bridgehead atoms. The molecule has 0 aliphatic carbocycles. The van der Waals surface area contributed by atoms with Crippen LogP contribution >= 0.6 is 11.6 Å². The van der Waals surface area contributed by atoms with Crippen molar-refractivity contribution in [2.75, 3.05) is 19.5 Å². The number of carbonyl (C=O) groups is 2. The van der Waals surface area contributed by atoms with Crippen molar-refractivity contribution in [2.45, 2.75) is 19.8 Å². The Hall–Kier alpha value is -3.20. The largest absolute Gasteiger partial charge is 0.493 e. The lowest BCUT2D eigenvalue weighted by atomic mass is 9.95. The SMILES string of the molecule is CCCCOc1c(Cl)cc(-c2c(C(=O)O)c(N)[nH]c(=O)c2C(=O)O)cc1OC. The first kappa shape index (κ1) is 21.1. The van der Waals surface area contributed by atoms with Crippen molar-refractivity contribution in [1.82, 2.24) is 4.98 Å². The third-order valence-corrected chi connectivity index (χ3v) is 4.22. The van der Waals surface area contributed by atoms with E-state index in [1.807, 2.05) is 11.9 Å². The second-order valence-corrected chi connectivity index (χ2v) is 6.20. The fourth-order valence-corrected chi connectivity index (χ4v) is 2.92. The summed E-state index contributed by atoms with van der Waals surface area (Å²) in [6.45, 7) is 2.37. The average Bonchev–Trinajstić information content (AvgIpc) is 2.61. The molecule has 9 nitrogen and oxygen atoms in total. The molecule has 0 atom stereocenters. The zero-order valence-corrected chi connectivity index (χ0v) is 15.9. The molecule has 2 aromatic rings. The van der Waals surface area contributed by atoms with Crippen molar-refractivity contribution >= 4 is 29.4 Å². The minimum atomic E-state index is -1.61. The van der Waals surface area contributed by atoms with Gasteiger partial charge >= 0.3 is 11.9 Å². The fraction of sp³-hybridized carbons (Fsp3) is 0.278. The van der Waals surface area contributed by atoms with Gasteiger partial charge in [-0.1, -0.05) is 24.9 Å². The number of nitrogens with two attached hydrogens (primary N) is 1. The van der Waals surface area contributed by atoms with Crippen molar-refractivity contribution in [2.24, 2.45) is 0 Å². The predicted octanol–water partition coefficient (Wildman–Crippen LogP) is 2.86. The summed E-state index contributed by atoms with van der Waals surface area (Å²) in [6.07, 6.45) is 1.67. The van der Waals surface area contributed by atoms with Gasteiger partial charge < -0.3 is 30.4 Å². The Morgan fingerprint density at radius 1 is 1.21 bits per heavy atom. The molecule has 5 N–H and O–H groups in total. The van der Waals surface area contributed by atoms with Crippen molar-refractivity contribution < 1.29 is 29.3 Å². The zero-order chi connectivity index (χ0) is 21.0. The molecule has 0 saturated carbocycles. The number of halogens is 1. The van der Waals surface area contributed by atoms with Crippen LogP contribution in [-0.2, 0) is 0 Å². The number of nitrogens with one attached hydrogen (secondary N) is 1. The Morgan fingerprint density at radius 2 is 1.86 bits per heavy atom. The van der Waals surface area contributed by atoms with Crippen LogP contribution in [-0.4, -0.2) is 40.9 Å². The third kappa shape index (κ3) is 4.04. The van der Waals surface area contributed by atoms with Gasteiger partial charge in [0.25, 0.3) is 5.56 Å². The number of H-pyrrole nitrogens is 1. The number of rotatable bonds is 8. The summed E-state index contributed by atoms with van der Waals surface area (Å²) in [5.74, 6) is -3.21. The van der Waals surface area contributed by atoms with Crippen molar-refractivity contribution in [1.29, 1.82) is 0 Å². The van der Waals surface area contributed by atoms with E-state index < -0.39 is 34.4 Å².